The maximum absolute atomic E-state index is 10.5. The van der Waals surface area contributed by atoms with Crippen molar-refractivity contribution in [3.8, 4) is 5.75 Å². The first kappa shape index (κ1) is 12.2. The Balaban J connectivity index is 1.99. The number of ether oxygens (including phenoxy) is 1. The molecule has 2 aromatic rings. The Morgan fingerprint density at radius 3 is 2.44 bits per heavy atom. The van der Waals surface area contributed by atoms with Crippen molar-refractivity contribution < 1.29 is 14.6 Å². The van der Waals surface area contributed by atoms with Crippen molar-refractivity contribution >= 4 is 5.97 Å². The number of carboxylic acids is 1. The molecule has 2 rings (SSSR count). The standard InChI is InChI=1S/C15H14O3/c16-15(17)10-13-7-4-8-14(9-13)18-11-12-5-2-1-3-6-12/h1-9H,10-11H2,(H,16,17)/p-1. The van der Waals surface area contributed by atoms with Gasteiger partial charge in [0.25, 0.3) is 0 Å². The third kappa shape index (κ3) is 3.63. The second-order valence-electron chi connectivity index (χ2n) is 3.97. The van der Waals surface area contributed by atoms with E-state index in [-0.39, 0.29) is 6.42 Å². The lowest BCUT2D eigenvalue weighted by molar-refractivity contribution is -0.304. The molecule has 2 aromatic carbocycles. The first-order valence-electron chi connectivity index (χ1n) is 5.69. The lowest BCUT2D eigenvalue weighted by Crippen LogP contribution is -2.24. The lowest BCUT2D eigenvalue weighted by atomic mass is 10.1. The molecule has 3 heteroatoms. The van der Waals surface area contributed by atoms with Crippen molar-refractivity contribution in [3.63, 3.8) is 0 Å². The zero-order valence-corrected chi connectivity index (χ0v) is 9.84. The molecule has 0 saturated heterocycles. The Bertz CT molecular complexity index is 520. The molecule has 0 aliphatic heterocycles. The molecule has 0 spiro atoms. The van der Waals surface area contributed by atoms with Crippen molar-refractivity contribution in [1.29, 1.82) is 0 Å². The molecule has 0 saturated carbocycles. The van der Waals surface area contributed by atoms with E-state index in [2.05, 4.69) is 0 Å². The van der Waals surface area contributed by atoms with Gasteiger partial charge in [-0.2, -0.15) is 0 Å². The van der Waals surface area contributed by atoms with E-state index in [1.165, 1.54) is 0 Å². The molecule has 0 amide bonds. The van der Waals surface area contributed by atoms with Gasteiger partial charge >= 0.3 is 0 Å². The Morgan fingerprint density at radius 1 is 1.00 bits per heavy atom. The van der Waals surface area contributed by atoms with E-state index in [0.29, 0.717) is 17.9 Å². The van der Waals surface area contributed by atoms with Gasteiger partial charge in [-0.05, 0) is 23.3 Å². The maximum Gasteiger partial charge on any atom is 0.120 e. The van der Waals surface area contributed by atoms with E-state index >= 15 is 0 Å². The van der Waals surface area contributed by atoms with Gasteiger partial charge in [-0.15, -0.1) is 0 Å². The average Bonchev–Trinajstić information content (AvgIpc) is 2.37. The minimum absolute atomic E-state index is 0.0947. The monoisotopic (exact) mass is 241 g/mol. The summed E-state index contributed by atoms with van der Waals surface area (Å²) < 4.78 is 5.60. The molecule has 0 aromatic heterocycles. The van der Waals surface area contributed by atoms with Crippen molar-refractivity contribution in [3.05, 3.63) is 65.7 Å². The summed E-state index contributed by atoms with van der Waals surface area (Å²) in [5.74, 6) is -0.423. The molecule has 0 bridgehead atoms. The predicted octanol–water partition coefficient (Wildman–Crippen LogP) is 1.56. The Hall–Kier alpha value is -2.29. The number of aliphatic carboxylic acids is 1. The van der Waals surface area contributed by atoms with E-state index in [9.17, 15) is 9.90 Å². The summed E-state index contributed by atoms with van der Waals surface area (Å²) in [7, 11) is 0. The van der Waals surface area contributed by atoms with Crippen LogP contribution in [0.1, 0.15) is 11.1 Å². The van der Waals surface area contributed by atoms with Crippen molar-refractivity contribution in [1.82, 2.24) is 0 Å². The number of carbonyl (C=O) groups is 1. The van der Waals surface area contributed by atoms with Crippen LogP contribution in [0.4, 0.5) is 0 Å². The van der Waals surface area contributed by atoms with Crippen molar-refractivity contribution in [2.75, 3.05) is 0 Å². The summed E-state index contributed by atoms with van der Waals surface area (Å²) in [6.45, 7) is 0.468. The topological polar surface area (TPSA) is 49.4 Å². The first-order valence-corrected chi connectivity index (χ1v) is 5.69. The Kier molecular flexibility index (Phi) is 3.97. The van der Waals surface area contributed by atoms with E-state index in [1.807, 2.05) is 36.4 Å². The van der Waals surface area contributed by atoms with Gasteiger partial charge < -0.3 is 14.6 Å². The van der Waals surface area contributed by atoms with Gasteiger partial charge in [0.2, 0.25) is 0 Å². The van der Waals surface area contributed by atoms with Gasteiger partial charge in [0.1, 0.15) is 12.4 Å². The van der Waals surface area contributed by atoms with Gasteiger partial charge in [-0.3, -0.25) is 0 Å². The highest BCUT2D eigenvalue weighted by atomic mass is 16.5. The minimum atomic E-state index is -1.09. The predicted molar refractivity (Wildman–Crippen MR) is 65.9 cm³/mol. The molecule has 0 atom stereocenters. The molecule has 92 valence electrons. The number of rotatable bonds is 5. The number of hydrogen-bond donors (Lipinski definition) is 0. The van der Waals surface area contributed by atoms with Gasteiger partial charge in [0.05, 0.1) is 0 Å². The summed E-state index contributed by atoms with van der Waals surface area (Å²) in [5, 5.41) is 10.5. The van der Waals surface area contributed by atoms with Crippen LogP contribution in [0.15, 0.2) is 54.6 Å². The zero-order chi connectivity index (χ0) is 12.8. The lowest BCUT2D eigenvalue weighted by Gasteiger charge is -2.08. The quantitative estimate of drug-likeness (QED) is 0.798. The number of hydrogen-bond acceptors (Lipinski definition) is 3. The summed E-state index contributed by atoms with van der Waals surface area (Å²) in [5.41, 5.74) is 1.75. The molecule has 0 aliphatic carbocycles. The third-order valence-corrected chi connectivity index (χ3v) is 2.50. The SMILES string of the molecule is O=C([O-])Cc1cccc(OCc2ccccc2)c1. The highest BCUT2D eigenvalue weighted by molar-refractivity contribution is 5.68. The summed E-state index contributed by atoms with van der Waals surface area (Å²) in [6.07, 6.45) is -0.0947. The summed E-state index contributed by atoms with van der Waals surface area (Å²) in [6, 6.07) is 16.8. The average molecular weight is 241 g/mol. The van der Waals surface area contributed by atoms with Crippen LogP contribution >= 0.6 is 0 Å². The second kappa shape index (κ2) is 5.87. The molecule has 3 nitrogen and oxygen atoms in total. The van der Waals surface area contributed by atoms with Crippen molar-refractivity contribution in [2.24, 2.45) is 0 Å². The van der Waals surface area contributed by atoms with E-state index in [0.717, 1.165) is 5.56 Å². The highest BCUT2D eigenvalue weighted by Gasteiger charge is 1.98. The van der Waals surface area contributed by atoms with Crippen molar-refractivity contribution in [2.45, 2.75) is 13.0 Å². The molecule has 0 unspecified atom stereocenters. The van der Waals surface area contributed by atoms with Crippen LogP contribution in [-0.2, 0) is 17.8 Å². The fourth-order valence-electron chi connectivity index (χ4n) is 1.65. The first-order chi connectivity index (χ1) is 8.74. The van der Waals surface area contributed by atoms with Gasteiger partial charge in [-0.1, -0.05) is 42.5 Å². The zero-order valence-electron chi connectivity index (χ0n) is 9.84. The van der Waals surface area contributed by atoms with Gasteiger partial charge in [0.15, 0.2) is 0 Å². The summed E-state index contributed by atoms with van der Waals surface area (Å²) >= 11 is 0. The highest BCUT2D eigenvalue weighted by Crippen LogP contribution is 2.15. The fraction of sp³-hybridized carbons (Fsp3) is 0.133. The third-order valence-electron chi connectivity index (χ3n) is 2.50. The minimum Gasteiger partial charge on any atom is -0.550 e. The van der Waals surface area contributed by atoms with E-state index in [4.69, 9.17) is 4.74 Å². The van der Waals surface area contributed by atoms with Crippen LogP contribution in [0, 0.1) is 0 Å². The maximum atomic E-state index is 10.5. The summed E-state index contributed by atoms with van der Waals surface area (Å²) in [4.78, 5) is 10.5. The molecule has 0 fully saturated rings. The molecular weight excluding hydrogens is 228 g/mol. The van der Waals surface area contributed by atoms with E-state index in [1.54, 1.807) is 18.2 Å². The number of carboxylic acid groups (broad SMARTS) is 1. The Morgan fingerprint density at radius 2 is 1.72 bits per heavy atom. The van der Waals surface area contributed by atoms with E-state index < -0.39 is 5.97 Å². The molecule has 0 aliphatic rings. The fourth-order valence-corrected chi connectivity index (χ4v) is 1.65. The van der Waals surface area contributed by atoms with Crippen LogP contribution in [0.3, 0.4) is 0 Å². The van der Waals surface area contributed by atoms with Crippen LogP contribution < -0.4 is 9.84 Å². The van der Waals surface area contributed by atoms with Gasteiger partial charge in [0, 0.05) is 12.4 Å². The molecule has 0 N–H and O–H groups in total. The van der Waals surface area contributed by atoms with Crippen LogP contribution in [-0.4, -0.2) is 5.97 Å². The molecule has 0 heterocycles. The molecule has 0 radical (unpaired) electrons. The smallest absolute Gasteiger partial charge is 0.120 e. The normalized spacial score (nSPS) is 10.0. The largest absolute Gasteiger partial charge is 0.550 e. The molecule has 18 heavy (non-hydrogen) atoms. The Labute approximate surface area is 106 Å². The van der Waals surface area contributed by atoms with Crippen LogP contribution in [0.2, 0.25) is 0 Å². The van der Waals surface area contributed by atoms with Gasteiger partial charge in [-0.25, -0.2) is 0 Å². The number of benzene rings is 2. The second-order valence-corrected chi connectivity index (χ2v) is 3.97. The van der Waals surface area contributed by atoms with Crippen LogP contribution in [0.5, 0.6) is 5.75 Å². The number of carbonyl (C=O) groups excluding carboxylic acids is 1. The van der Waals surface area contributed by atoms with Crippen LogP contribution in [0.25, 0.3) is 0 Å². The molecular formula is C15H13O3-.